The van der Waals surface area contributed by atoms with Crippen LogP contribution in [-0.4, -0.2) is 18.0 Å². The van der Waals surface area contributed by atoms with Crippen molar-refractivity contribution >= 4 is 35.2 Å². The maximum absolute atomic E-state index is 6.29. The van der Waals surface area contributed by atoms with Gasteiger partial charge in [-0.1, -0.05) is 119 Å². The van der Waals surface area contributed by atoms with Crippen molar-refractivity contribution in [2.24, 2.45) is 5.41 Å². The Morgan fingerprint density at radius 3 is 2.14 bits per heavy atom. The Balaban J connectivity index is 0.000000205. The minimum atomic E-state index is -1.37. The van der Waals surface area contributed by atoms with Gasteiger partial charge in [-0.2, -0.15) is 0 Å². The molecule has 3 heterocycles. The first-order valence-electron chi connectivity index (χ1n) is 17.6. The van der Waals surface area contributed by atoms with Gasteiger partial charge >= 0.3 is 0 Å². The number of aromatic nitrogens is 2. The fraction of sp³-hybridized carbons (Fsp3) is 0.261. The van der Waals surface area contributed by atoms with Gasteiger partial charge in [0.1, 0.15) is 5.58 Å². The zero-order chi connectivity index (χ0) is 35.6. The van der Waals surface area contributed by atoms with Crippen molar-refractivity contribution in [1.29, 1.82) is 0 Å². The third-order valence-corrected chi connectivity index (χ3v) is 11.1. The van der Waals surface area contributed by atoms with E-state index < -0.39 is 8.07 Å². The van der Waals surface area contributed by atoms with E-state index in [4.69, 9.17) is 9.40 Å². The first kappa shape index (κ1) is 38.1. The van der Waals surface area contributed by atoms with E-state index in [0.29, 0.717) is 5.92 Å². The number of benzene rings is 4. The van der Waals surface area contributed by atoms with Gasteiger partial charge in [0.15, 0.2) is 0 Å². The molecule has 0 N–H and O–H groups in total. The molecule has 0 atom stereocenters. The zero-order valence-corrected chi connectivity index (χ0v) is 34.7. The molecule has 0 aliphatic rings. The summed E-state index contributed by atoms with van der Waals surface area (Å²) in [5.41, 5.74) is 12.3. The standard InChI is InChI=1S/C27H22NO.C19H26NSi.Ir/c1-17(2)23-15-25(28-16-18(23)3)22-11-7-10-21-24-14-20(19-8-5-4-6-9-19)12-13-26(24)29-27(21)22;1-19(2,3)13-16-12-17(15-10-8-7-9-11-15)20-14-18(16)21(4,5)6;/h4-10,12-17H,1-3H3;7-10,12,14H,13H2,1-6H3;/q2*-1;. The summed E-state index contributed by atoms with van der Waals surface area (Å²) in [6.07, 6.45) is 5.16. The molecule has 7 rings (SSSR count). The average Bonchev–Trinajstić information content (AvgIpc) is 3.46. The van der Waals surface area contributed by atoms with Crippen LogP contribution in [0.15, 0.2) is 114 Å². The molecule has 0 unspecified atom stereocenters. The molecular weight excluding hydrogens is 817 g/mol. The van der Waals surface area contributed by atoms with Crippen LogP contribution < -0.4 is 5.19 Å². The Hall–Kier alpha value is -4.15. The van der Waals surface area contributed by atoms with E-state index in [9.17, 15) is 0 Å². The van der Waals surface area contributed by atoms with E-state index in [1.54, 1.807) is 0 Å². The minimum absolute atomic E-state index is 0. The molecule has 7 aromatic rings. The van der Waals surface area contributed by atoms with Crippen molar-refractivity contribution in [3.8, 4) is 33.6 Å². The number of hydrogen-bond donors (Lipinski definition) is 0. The van der Waals surface area contributed by atoms with E-state index in [-0.39, 0.29) is 25.5 Å². The fourth-order valence-electron chi connectivity index (χ4n) is 6.63. The summed E-state index contributed by atoms with van der Waals surface area (Å²) < 4.78 is 6.29. The number of aryl methyl sites for hydroxylation is 1. The second-order valence-corrected chi connectivity index (χ2v) is 20.9. The SMILES string of the molecule is CC(C)(C)Cc1cc(-c2[c-]cccc2)ncc1[Si](C)(C)C.Cc1cnc(-c2[c-]ccc3c2oc2ccc(-c4ccccc4)cc23)cc1C(C)C.[Ir]. The molecule has 0 fully saturated rings. The van der Waals surface area contributed by atoms with Gasteiger partial charge in [0, 0.05) is 37.9 Å². The number of hydrogen-bond acceptors (Lipinski definition) is 3. The second-order valence-electron chi connectivity index (χ2n) is 15.8. The monoisotopic (exact) mass is 865 g/mol. The topological polar surface area (TPSA) is 38.9 Å². The molecular formula is C46H48IrN2OSi-2. The molecule has 263 valence electrons. The van der Waals surface area contributed by atoms with E-state index >= 15 is 0 Å². The van der Waals surface area contributed by atoms with E-state index in [0.717, 1.165) is 50.9 Å². The minimum Gasteiger partial charge on any atom is -0.501 e. The summed E-state index contributed by atoms with van der Waals surface area (Å²) >= 11 is 0. The second kappa shape index (κ2) is 15.6. The molecule has 1 radical (unpaired) electrons. The van der Waals surface area contributed by atoms with Crippen LogP contribution in [0.3, 0.4) is 0 Å². The Morgan fingerprint density at radius 2 is 1.47 bits per heavy atom. The molecule has 0 spiro atoms. The van der Waals surface area contributed by atoms with Gasteiger partial charge < -0.3 is 14.4 Å². The molecule has 4 aromatic carbocycles. The number of rotatable bonds is 6. The normalized spacial score (nSPS) is 11.7. The van der Waals surface area contributed by atoms with Crippen LogP contribution in [0.1, 0.15) is 57.2 Å². The van der Waals surface area contributed by atoms with Crippen molar-refractivity contribution in [3.05, 3.63) is 138 Å². The van der Waals surface area contributed by atoms with Crippen molar-refractivity contribution in [2.45, 2.75) is 73.5 Å². The zero-order valence-electron chi connectivity index (χ0n) is 31.3. The van der Waals surface area contributed by atoms with Crippen LogP contribution in [-0.2, 0) is 26.5 Å². The van der Waals surface area contributed by atoms with Crippen molar-refractivity contribution < 1.29 is 24.5 Å². The summed E-state index contributed by atoms with van der Waals surface area (Å²) in [7, 11) is -1.37. The van der Waals surface area contributed by atoms with E-state index in [1.165, 1.54) is 33.0 Å². The van der Waals surface area contributed by atoms with Crippen LogP contribution in [0.4, 0.5) is 0 Å². The summed E-state index contributed by atoms with van der Waals surface area (Å²) in [6.45, 7) is 20.6. The predicted octanol–water partition coefficient (Wildman–Crippen LogP) is 12.2. The summed E-state index contributed by atoms with van der Waals surface area (Å²) in [6, 6.07) is 40.0. The van der Waals surface area contributed by atoms with Gasteiger partial charge in [-0.15, -0.1) is 54.1 Å². The molecule has 0 aliphatic carbocycles. The fourth-order valence-corrected chi connectivity index (χ4v) is 8.21. The number of pyridine rings is 2. The van der Waals surface area contributed by atoms with E-state index in [1.807, 2.05) is 36.5 Å². The van der Waals surface area contributed by atoms with Gasteiger partial charge in [-0.25, -0.2) is 0 Å². The van der Waals surface area contributed by atoms with Gasteiger partial charge in [-0.05, 0) is 75.6 Å². The molecule has 0 amide bonds. The van der Waals surface area contributed by atoms with Crippen LogP contribution in [0.25, 0.3) is 55.6 Å². The first-order valence-corrected chi connectivity index (χ1v) is 21.1. The first-order chi connectivity index (χ1) is 23.8. The molecule has 0 saturated heterocycles. The predicted molar refractivity (Wildman–Crippen MR) is 215 cm³/mol. The molecule has 3 aromatic heterocycles. The Kier molecular flexibility index (Phi) is 11.7. The molecule has 51 heavy (non-hydrogen) atoms. The van der Waals surface area contributed by atoms with Gasteiger partial charge in [0.2, 0.25) is 0 Å². The average molecular weight is 865 g/mol. The molecule has 0 aliphatic heterocycles. The van der Waals surface area contributed by atoms with Gasteiger partial charge in [-0.3, -0.25) is 0 Å². The van der Waals surface area contributed by atoms with Crippen LogP contribution in [0.5, 0.6) is 0 Å². The summed E-state index contributed by atoms with van der Waals surface area (Å²) in [4.78, 5) is 9.40. The van der Waals surface area contributed by atoms with Gasteiger partial charge in [0.25, 0.3) is 0 Å². The van der Waals surface area contributed by atoms with Gasteiger partial charge in [0.05, 0.1) is 13.7 Å². The summed E-state index contributed by atoms with van der Waals surface area (Å²) in [5, 5.41) is 3.70. The van der Waals surface area contributed by atoms with Crippen LogP contribution in [0.2, 0.25) is 19.6 Å². The Bertz CT molecular complexity index is 2240. The van der Waals surface area contributed by atoms with Crippen molar-refractivity contribution in [2.75, 3.05) is 0 Å². The van der Waals surface area contributed by atoms with Crippen molar-refractivity contribution in [3.63, 3.8) is 0 Å². The Morgan fingerprint density at radius 1 is 0.745 bits per heavy atom. The molecule has 0 bridgehead atoms. The third kappa shape index (κ3) is 8.84. The maximum atomic E-state index is 6.29. The van der Waals surface area contributed by atoms with Crippen LogP contribution in [0, 0.1) is 24.5 Å². The van der Waals surface area contributed by atoms with E-state index in [2.05, 4.69) is 151 Å². The number of fused-ring (bicyclic) bond motifs is 3. The smallest absolute Gasteiger partial charge is 0.120 e. The summed E-state index contributed by atoms with van der Waals surface area (Å²) in [5.74, 6) is 0.444. The number of furan rings is 1. The Labute approximate surface area is 319 Å². The quantitative estimate of drug-likeness (QED) is 0.123. The third-order valence-electron chi connectivity index (χ3n) is 9.06. The molecule has 0 saturated carbocycles. The maximum Gasteiger partial charge on any atom is 0.120 e. The molecule has 5 heteroatoms. The molecule has 3 nitrogen and oxygen atoms in total. The van der Waals surface area contributed by atoms with Crippen LogP contribution >= 0.6 is 0 Å². The van der Waals surface area contributed by atoms with Crippen molar-refractivity contribution in [1.82, 2.24) is 9.97 Å². The largest absolute Gasteiger partial charge is 0.501 e. The number of nitrogens with zero attached hydrogens (tertiary/aromatic N) is 2.